The van der Waals surface area contributed by atoms with Crippen LogP contribution in [0.15, 0.2) is 5.11 Å². The number of aliphatic hydroxyl groups is 10. The van der Waals surface area contributed by atoms with Gasteiger partial charge < -0.3 is 84.2 Å². The standard InChI is InChI=1S/C24H40N4O20.10Ac/c1-5-10(31)13(34)16(37)22(41-5)46-19-9(26-27-25)21(48-28(39)40)44-8(4-30)18(19)45-24-20(15(36)12(33)7(3-29)43-24)47-23-17(38)14(35)11(32)6(2)42-23;;;;;;;;;;/h5-24,29-38H,3-4H2,1-2H3;;;;;;;;;;/t5?,6?,7?,8?,9?,10-,11+,12+,13-,14?,15+,16?,17+,18-,19-,20?,21+,22+,23?,24+;;;;;;;;;;/m1........../s1. The van der Waals surface area contributed by atoms with E-state index in [4.69, 9.17) is 33.2 Å². The van der Waals surface area contributed by atoms with Crippen LogP contribution >= 0.6 is 0 Å². The van der Waals surface area contributed by atoms with Crippen molar-refractivity contribution in [3.8, 4) is 0 Å². The van der Waals surface area contributed by atoms with Crippen molar-refractivity contribution in [1.29, 1.82) is 0 Å². The summed E-state index contributed by atoms with van der Waals surface area (Å²) in [5.41, 5.74) is 9.31. The van der Waals surface area contributed by atoms with Crippen molar-refractivity contribution in [2.75, 3.05) is 13.2 Å². The third-order valence-corrected chi connectivity index (χ3v) is 8.48. The second-order valence-corrected chi connectivity index (χ2v) is 11.6. The number of hydrogen-bond acceptors (Lipinski definition) is 21. The quantitative estimate of drug-likeness (QED) is 0.0303. The predicted molar refractivity (Wildman–Crippen MR) is 144 cm³/mol. The first-order valence-electron chi connectivity index (χ1n) is 14.7. The summed E-state index contributed by atoms with van der Waals surface area (Å²) < 4.78 is 39.5. The van der Waals surface area contributed by atoms with Crippen LogP contribution in [0.25, 0.3) is 10.4 Å². The summed E-state index contributed by atoms with van der Waals surface area (Å²) in [5.74, 6) is 0. The van der Waals surface area contributed by atoms with Crippen molar-refractivity contribution < 1.29 is 535 Å². The van der Waals surface area contributed by atoms with Gasteiger partial charge in [0, 0.05) is 446 Å². The molecule has 0 aliphatic carbocycles. The first-order chi connectivity index (χ1) is 22.6. The molecule has 0 amide bonds. The fourth-order valence-corrected chi connectivity index (χ4v) is 5.74. The van der Waals surface area contributed by atoms with Crippen LogP contribution in [0, 0.1) is 451 Å². The monoisotopic (exact) mass is 2970 g/mol. The van der Waals surface area contributed by atoms with E-state index in [9.17, 15) is 66.7 Å². The van der Waals surface area contributed by atoms with Gasteiger partial charge >= 0.3 is 0 Å². The maximum Gasteiger partial charge on any atom is 0.297 e. The van der Waals surface area contributed by atoms with Gasteiger partial charge in [-0.25, -0.2) is 0 Å². The molecule has 20 atom stereocenters. The Bertz CT molecular complexity index is 1160. The van der Waals surface area contributed by atoms with Crippen molar-refractivity contribution in [3.63, 3.8) is 0 Å². The fraction of sp³-hybridized carbons (Fsp3) is 1.00. The smallest absolute Gasteiger partial charge is 0.297 e. The number of rotatable bonds is 11. The number of nitrogens with zero attached hydrogens (tertiary/aromatic N) is 4. The Hall–Kier alpha value is 12.2. The topological polar surface area (TPSA) is 368 Å². The van der Waals surface area contributed by atoms with E-state index < -0.39 is 141 Å². The molecule has 4 saturated heterocycles. The molecule has 24 nitrogen and oxygen atoms in total. The van der Waals surface area contributed by atoms with Crippen LogP contribution < -0.4 is 0 Å². The molecule has 0 spiro atoms. The Balaban J connectivity index is -0.000000520. The zero-order valence-electron chi connectivity index (χ0n) is 31.1. The molecule has 0 aromatic heterocycles. The van der Waals surface area contributed by atoms with E-state index in [1.54, 1.807) is 0 Å². The summed E-state index contributed by atoms with van der Waals surface area (Å²) in [6, 6.07) is -1.89. The van der Waals surface area contributed by atoms with Crippen LogP contribution in [-0.4, -0.2) is 192 Å². The average molecular weight is 2970 g/mol. The first kappa shape index (κ1) is 84.2. The fourth-order valence-electron chi connectivity index (χ4n) is 5.74. The molecule has 4 aliphatic rings. The average Bonchev–Trinajstić information content (AvgIpc) is 3.05. The van der Waals surface area contributed by atoms with Crippen LogP contribution in [0.1, 0.15) is 13.8 Å². The van der Waals surface area contributed by atoms with Gasteiger partial charge in [0.05, 0.1) is 25.4 Å². The zero-order valence-corrected chi connectivity index (χ0v) is 78.5. The molecule has 4 heterocycles. The van der Waals surface area contributed by atoms with E-state index in [-0.39, 0.29) is 441 Å². The second kappa shape index (κ2) is 42.4. The summed E-state index contributed by atoms with van der Waals surface area (Å²) in [6.07, 6.45) is -33.3. The molecular weight excluding hydrogens is 2930 g/mol. The van der Waals surface area contributed by atoms with Crippen LogP contribution in [0.5, 0.6) is 0 Å². The molecule has 0 aromatic rings. The molecule has 4 rings (SSSR count). The van der Waals surface area contributed by atoms with Crippen molar-refractivity contribution in [2.45, 2.75) is 137 Å². The summed E-state index contributed by atoms with van der Waals surface area (Å²) >= 11 is 0. The first-order valence-corrected chi connectivity index (χ1v) is 14.7. The van der Waals surface area contributed by atoms with Gasteiger partial charge in [0.2, 0.25) is 6.29 Å². The molecule has 0 saturated carbocycles. The van der Waals surface area contributed by atoms with Crippen molar-refractivity contribution >= 4 is 0 Å². The summed E-state index contributed by atoms with van der Waals surface area (Å²) in [7, 11) is 0. The van der Waals surface area contributed by atoms with E-state index in [1.165, 1.54) is 13.8 Å². The number of ether oxygens (including phenoxy) is 7. The summed E-state index contributed by atoms with van der Waals surface area (Å²) in [6.45, 7) is 0.724. The van der Waals surface area contributed by atoms with Gasteiger partial charge in [-0.3, -0.25) is 4.84 Å². The predicted octanol–water partition coefficient (Wildman–Crippen LogP) is -6.16. The van der Waals surface area contributed by atoms with Gasteiger partial charge in [-0.05, 0) is 19.4 Å². The zero-order chi connectivity index (χ0) is 35.6. The molecule has 4 fully saturated rings. The molecule has 306 valence electrons. The number of azide groups is 1. The maximum absolute atomic E-state index is 11.3. The molecule has 34 heteroatoms. The minimum Gasteiger partial charge on any atom is -0.394 e. The van der Waals surface area contributed by atoms with Gasteiger partial charge in [0.25, 0.3) is 5.09 Å². The third-order valence-electron chi connectivity index (χ3n) is 8.48. The number of aliphatic hydroxyl groups excluding tert-OH is 10. The molecule has 0 bridgehead atoms. The molecular formula is C24H40Ac10N4O20. The molecule has 10 N–H and O–H groups in total. The van der Waals surface area contributed by atoms with Crippen molar-refractivity contribution in [2.24, 2.45) is 5.11 Å². The van der Waals surface area contributed by atoms with E-state index in [2.05, 4.69) is 14.9 Å². The van der Waals surface area contributed by atoms with E-state index >= 15 is 0 Å². The molecule has 58 heavy (non-hydrogen) atoms. The largest absolute Gasteiger partial charge is 0.394 e. The Morgan fingerprint density at radius 3 is 1.34 bits per heavy atom. The minimum atomic E-state index is -2.08. The van der Waals surface area contributed by atoms with Crippen molar-refractivity contribution in [3.05, 3.63) is 20.6 Å². The second-order valence-electron chi connectivity index (χ2n) is 11.6. The van der Waals surface area contributed by atoms with E-state index in [0.29, 0.717) is 0 Å². The Labute approximate surface area is 690 Å². The molecule has 0 aromatic carbocycles. The maximum atomic E-state index is 11.3. The molecule has 9 unspecified atom stereocenters. The van der Waals surface area contributed by atoms with Gasteiger partial charge in [0.1, 0.15) is 85.4 Å². The third kappa shape index (κ3) is 23.2. The van der Waals surface area contributed by atoms with Gasteiger partial charge in [-0.2, -0.15) is 0 Å². The van der Waals surface area contributed by atoms with Crippen LogP contribution in [-0.2, 0) is 38.0 Å². The van der Waals surface area contributed by atoms with Gasteiger partial charge in [-0.1, -0.05) is 5.11 Å². The van der Waals surface area contributed by atoms with E-state index in [0.717, 1.165) is 0 Å². The van der Waals surface area contributed by atoms with E-state index in [1.807, 2.05) is 0 Å². The summed E-state index contributed by atoms with van der Waals surface area (Å²) in [5, 5.41) is 117. The van der Waals surface area contributed by atoms with Crippen LogP contribution in [0.2, 0.25) is 0 Å². The Kier molecular flexibility index (Phi) is 61.5. The normalized spacial score (nSPS) is 41.3. The van der Waals surface area contributed by atoms with Gasteiger partial charge in [0.15, 0.2) is 18.9 Å². The Morgan fingerprint density at radius 2 is 0.948 bits per heavy atom. The number of hydrogen-bond donors (Lipinski definition) is 10. The SMILES string of the molecule is CC1OC(OC2[C@H](O[C@@H]3C(CO)O[C@@H](O[N+](=O)[O-])C(N=[N+]=[N-])[C@H]3O[C@@H]3OC(C)[C@@H](O)[C@@H](O)C3O)OC(CO)[C@H](O)[C@@H]2O)[C@@H](O)C(O)[C@H]1O.[Ac].[Ac].[Ac].[Ac].[Ac].[Ac].[Ac].[Ac].[Ac].[Ac]. The van der Waals surface area contributed by atoms with Gasteiger partial charge in [-0.15, -0.1) is 10.1 Å². The van der Waals surface area contributed by atoms with Crippen molar-refractivity contribution in [1.82, 2.24) is 0 Å². The minimum absolute atomic E-state index is 0. The van der Waals surface area contributed by atoms with Crippen LogP contribution in [0.4, 0.5) is 0 Å². The van der Waals surface area contributed by atoms with Crippen LogP contribution in [0.3, 0.4) is 0 Å². The Morgan fingerprint density at radius 1 is 0.552 bits per heavy atom. The molecule has 4 aliphatic heterocycles. The molecule has 10 radical (unpaired) electrons. The summed E-state index contributed by atoms with van der Waals surface area (Å²) in [4.78, 5) is 18.4.